The third kappa shape index (κ3) is 2.23. The topological polar surface area (TPSA) is 67.1 Å². The number of rotatable bonds is 4. The van der Waals surface area contributed by atoms with E-state index in [1.807, 2.05) is 0 Å². The maximum absolute atomic E-state index is 12.8. The standard InChI is InChI=1S/C17H16O6/c1-19-11-6-5-9-15(18)10-7-13(20-2)14(21-3)8-12(10)23-16(9)17(11)22-4/h5-8H,1-4H3. The Morgan fingerprint density at radius 2 is 1.43 bits per heavy atom. The summed E-state index contributed by atoms with van der Waals surface area (Å²) < 4.78 is 27.0. The van der Waals surface area contributed by atoms with Gasteiger partial charge in [-0.2, -0.15) is 0 Å². The Balaban J connectivity index is 2.47. The molecule has 0 unspecified atom stereocenters. The first kappa shape index (κ1) is 15.0. The van der Waals surface area contributed by atoms with Gasteiger partial charge in [-0.25, -0.2) is 0 Å². The quantitative estimate of drug-likeness (QED) is 0.689. The predicted octanol–water partition coefficient (Wildman–Crippen LogP) is 2.98. The minimum Gasteiger partial charge on any atom is -0.493 e. The zero-order chi connectivity index (χ0) is 16.6. The van der Waals surface area contributed by atoms with Gasteiger partial charge in [-0.3, -0.25) is 4.79 Å². The minimum atomic E-state index is -0.178. The average Bonchev–Trinajstić information content (AvgIpc) is 2.59. The van der Waals surface area contributed by atoms with Crippen LogP contribution in [0.15, 0.2) is 33.5 Å². The number of hydrogen-bond donors (Lipinski definition) is 0. The van der Waals surface area contributed by atoms with E-state index in [1.165, 1.54) is 28.4 Å². The van der Waals surface area contributed by atoms with Gasteiger partial charge in [0.25, 0.3) is 0 Å². The Morgan fingerprint density at radius 1 is 0.783 bits per heavy atom. The molecule has 0 aliphatic carbocycles. The Labute approximate surface area is 132 Å². The SMILES string of the molecule is COc1cc2oc3c(OC)c(OC)ccc3c(=O)c2cc1OC. The molecular weight excluding hydrogens is 300 g/mol. The van der Waals surface area contributed by atoms with Crippen LogP contribution in [-0.2, 0) is 0 Å². The highest BCUT2D eigenvalue weighted by atomic mass is 16.5. The van der Waals surface area contributed by atoms with Gasteiger partial charge in [0.15, 0.2) is 22.8 Å². The molecule has 0 radical (unpaired) electrons. The number of hydrogen-bond acceptors (Lipinski definition) is 6. The first-order valence-corrected chi connectivity index (χ1v) is 6.88. The molecule has 0 saturated heterocycles. The summed E-state index contributed by atoms with van der Waals surface area (Å²) in [6.07, 6.45) is 0. The molecule has 2 aromatic carbocycles. The Morgan fingerprint density at radius 3 is 2.04 bits per heavy atom. The molecule has 6 heteroatoms. The third-order valence-corrected chi connectivity index (χ3v) is 3.69. The van der Waals surface area contributed by atoms with E-state index in [4.69, 9.17) is 23.4 Å². The van der Waals surface area contributed by atoms with Crippen molar-refractivity contribution in [2.75, 3.05) is 28.4 Å². The highest BCUT2D eigenvalue weighted by molar-refractivity contribution is 5.94. The number of ether oxygens (including phenoxy) is 4. The summed E-state index contributed by atoms with van der Waals surface area (Å²) in [6.45, 7) is 0. The highest BCUT2D eigenvalue weighted by Crippen LogP contribution is 2.38. The summed E-state index contributed by atoms with van der Waals surface area (Å²) in [5, 5.41) is 0.810. The van der Waals surface area contributed by atoms with E-state index in [-0.39, 0.29) is 5.43 Å². The smallest absolute Gasteiger partial charge is 0.204 e. The van der Waals surface area contributed by atoms with Gasteiger partial charge in [0.1, 0.15) is 5.58 Å². The van der Waals surface area contributed by atoms with Crippen molar-refractivity contribution in [1.82, 2.24) is 0 Å². The predicted molar refractivity (Wildman–Crippen MR) is 86.2 cm³/mol. The lowest BCUT2D eigenvalue weighted by molar-refractivity contribution is 0.352. The van der Waals surface area contributed by atoms with Crippen LogP contribution in [-0.4, -0.2) is 28.4 Å². The zero-order valence-electron chi connectivity index (χ0n) is 13.3. The average molecular weight is 316 g/mol. The van der Waals surface area contributed by atoms with Crippen molar-refractivity contribution in [1.29, 1.82) is 0 Å². The first-order valence-electron chi connectivity index (χ1n) is 6.88. The Hall–Kier alpha value is -2.89. The van der Waals surface area contributed by atoms with Crippen LogP contribution in [0.4, 0.5) is 0 Å². The van der Waals surface area contributed by atoms with Crippen LogP contribution in [0.5, 0.6) is 23.0 Å². The van der Waals surface area contributed by atoms with Crippen LogP contribution in [0.2, 0.25) is 0 Å². The van der Waals surface area contributed by atoms with E-state index in [1.54, 1.807) is 24.3 Å². The fraction of sp³-hybridized carbons (Fsp3) is 0.235. The van der Waals surface area contributed by atoms with Crippen LogP contribution in [0.1, 0.15) is 0 Å². The van der Waals surface area contributed by atoms with Gasteiger partial charge in [-0.1, -0.05) is 0 Å². The molecule has 0 amide bonds. The molecular formula is C17H16O6. The number of benzene rings is 2. The van der Waals surface area contributed by atoms with Crippen molar-refractivity contribution in [3.8, 4) is 23.0 Å². The summed E-state index contributed by atoms with van der Waals surface area (Å²) in [5.41, 5.74) is 0.534. The van der Waals surface area contributed by atoms with Crippen LogP contribution >= 0.6 is 0 Å². The van der Waals surface area contributed by atoms with Crippen molar-refractivity contribution < 1.29 is 23.4 Å². The van der Waals surface area contributed by atoms with Crippen molar-refractivity contribution in [2.24, 2.45) is 0 Å². The Bertz CT molecular complexity index is 935. The highest BCUT2D eigenvalue weighted by Gasteiger charge is 2.18. The third-order valence-electron chi connectivity index (χ3n) is 3.69. The van der Waals surface area contributed by atoms with E-state index >= 15 is 0 Å². The van der Waals surface area contributed by atoms with E-state index in [9.17, 15) is 4.79 Å². The van der Waals surface area contributed by atoms with Crippen LogP contribution in [0.25, 0.3) is 21.9 Å². The molecule has 0 aliphatic heterocycles. The molecule has 0 atom stereocenters. The lowest BCUT2D eigenvalue weighted by Crippen LogP contribution is -2.04. The number of fused-ring (bicyclic) bond motifs is 2. The van der Waals surface area contributed by atoms with Gasteiger partial charge in [0, 0.05) is 6.07 Å². The first-order chi connectivity index (χ1) is 11.1. The largest absolute Gasteiger partial charge is 0.493 e. The molecule has 0 bridgehead atoms. The van der Waals surface area contributed by atoms with Gasteiger partial charge >= 0.3 is 0 Å². The van der Waals surface area contributed by atoms with E-state index in [2.05, 4.69) is 0 Å². The summed E-state index contributed by atoms with van der Waals surface area (Å²) >= 11 is 0. The van der Waals surface area contributed by atoms with Gasteiger partial charge in [0.05, 0.1) is 39.2 Å². The molecule has 1 heterocycles. The van der Waals surface area contributed by atoms with Crippen molar-refractivity contribution in [3.05, 3.63) is 34.5 Å². The molecule has 3 aromatic rings. The maximum Gasteiger partial charge on any atom is 0.204 e. The molecule has 6 nitrogen and oxygen atoms in total. The fourth-order valence-electron chi connectivity index (χ4n) is 2.56. The van der Waals surface area contributed by atoms with Gasteiger partial charge in [0.2, 0.25) is 11.2 Å². The normalized spacial score (nSPS) is 10.8. The van der Waals surface area contributed by atoms with Crippen LogP contribution in [0.3, 0.4) is 0 Å². The molecule has 0 saturated carbocycles. The van der Waals surface area contributed by atoms with E-state index in [0.29, 0.717) is 44.9 Å². The number of methoxy groups -OCH3 is 4. The van der Waals surface area contributed by atoms with Crippen molar-refractivity contribution in [3.63, 3.8) is 0 Å². The summed E-state index contributed by atoms with van der Waals surface area (Å²) in [4.78, 5) is 12.8. The molecule has 0 aliphatic rings. The molecule has 120 valence electrons. The lowest BCUT2D eigenvalue weighted by atomic mass is 10.1. The molecule has 0 spiro atoms. The molecule has 1 aromatic heterocycles. The Kier molecular flexibility index (Phi) is 3.73. The monoisotopic (exact) mass is 316 g/mol. The summed E-state index contributed by atoms with van der Waals surface area (Å²) in [6, 6.07) is 6.55. The van der Waals surface area contributed by atoms with E-state index in [0.717, 1.165) is 0 Å². The van der Waals surface area contributed by atoms with Crippen LogP contribution in [0, 0.1) is 0 Å². The maximum atomic E-state index is 12.8. The van der Waals surface area contributed by atoms with Gasteiger partial charge in [-0.05, 0) is 18.2 Å². The van der Waals surface area contributed by atoms with E-state index < -0.39 is 0 Å². The second kappa shape index (κ2) is 5.72. The molecule has 0 N–H and O–H groups in total. The van der Waals surface area contributed by atoms with Gasteiger partial charge < -0.3 is 23.4 Å². The van der Waals surface area contributed by atoms with Crippen molar-refractivity contribution in [2.45, 2.75) is 0 Å². The fourth-order valence-corrected chi connectivity index (χ4v) is 2.56. The zero-order valence-corrected chi connectivity index (χ0v) is 13.3. The van der Waals surface area contributed by atoms with Crippen LogP contribution < -0.4 is 24.4 Å². The summed E-state index contributed by atoms with van der Waals surface area (Å²) in [5.74, 6) is 1.80. The second-order valence-electron chi connectivity index (χ2n) is 4.81. The molecule has 0 fully saturated rings. The molecule has 3 rings (SSSR count). The molecule has 23 heavy (non-hydrogen) atoms. The minimum absolute atomic E-state index is 0.178. The lowest BCUT2D eigenvalue weighted by Gasteiger charge is -2.12. The second-order valence-corrected chi connectivity index (χ2v) is 4.81. The van der Waals surface area contributed by atoms with Crippen molar-refractivity contribution >= 4 is 21.9 Å². The van der Waals surface area contributed by atoms with Gasteiger partial charge in [-0.15, -0.1) is 0 Å². The summed E-state index contributed by atoms with van der Waals surface area (Å²) in [7, 11) is 6.06.